The lowest BCUT2D eigenvalue weighted by Gasteiger charge is -2.30. The molecule has 0 bridgehead atoms. The molecule has 1 fully saturated rings. The highest BCUT2D eigenvalue weighted by atomic mass is 16.5. The van der Waals surface area contributed by atoms with Crippen molar-refractivity contribution in [3.8, 4) is 5.75 Å². The Morgan fingerprint density at radius 1 is 1.13 bits per heavy atom. The molecule has 4 rings (SSSR count). The van der Waals surface area contributed by atoms with Crippen LogP contribution in [0.15, 0.2) is 47.3 Å². The topological polar surface area (TPSA) is 84.5 Å². The highest BCUT2D eigenvalue weighted by molar-refractivity contribution is 5.93. The lowest BCUT2D eigenvalue weighted by atomic mass is 10.0. The summed E-state index contributed by atoms with van der Waals surface area (Å²) in [6, 6.07) is 13.3. The van der Waals surface area contributed by atoms with Crippen molar-refractivity contribution < 1.29 is 14.3 Å². The van der Waals surface area contributed by atoms with Crippen LogP contribution in [-0.4, -0.2) is 41.6 Å². The molecule has 1 saturated heterocycles. The molecule has 7 nitrogen and oxygen atoms in total. The van der Waals surface area contributed by atoms with Crippen LogP contribution in [0.4, 0.5) is 0 Å². The fraction of sp³-hybridized carbons (Fsp3) is 0.375. The van der Waals surface area contributed by atoms with E-state index in [2.05, 4.69) is 27.0 Å². The van der Waals surface area contributed by atoms with Crippen molar-refractivity contribution in [1.82, 2.24) is 14.9 Å². The molecule has 0 unspecified atom stereocenters. The molecular weight excluding hydrogens is 394 g/mol. The number of hydrogen-bond donors (Lipinski definition) is 1. The number of aromatic amines is 1. The largest absolute Gasteiger partial charge is 0.497 e. The first kappa shape index (κ1) is 21.1. The Morgan fingerprint density at radius 3 is 2.68 bits per heavy atom. The van der Waals surface area contributed by atoms with Crippen molar-refractivity contribution in [3.05, 3.63) is 69.8 Å². The maximum atomic E-state index is 12.6. The number of likely N-dealkylation sites (tertiary alicyclic amines) is 1. The average molecular weight is 421 g/mol. The molecule has 0 amide bonds. The first-order valence-corrected chi connectivity index (χ1v) is 10.6. The summed E-state index contributed by atoms with van der Waals surface area (Å²) in [6.07, 6.45) is 4.51. The molecule has 0 aliphatic carbocycles. The zero-order chi connectivity index (χ0) is 21.8. The van der Waals surface area contributed by atoms with Gasteiger partial charge in [0.2, 0.25) is 0 Å². The number of fused-ring (bicyclic) bond motifs is 1. The molecule has 31 heavy (non-hydrogen) atoms. The van der Waals surface area contributed by atoms with Crippen LogP contribution in [0.2, 0.25) is 0 Å². The van der Waals surface area contributed by atoms with E-state index in [9.17, 15) is 9.59 Å². The Morgan fingerprint density at radius 2 is 1.94 bits per heavy atom. The molecule has 1 atom stereocenters. The van der Waals surface area contributed by atoms with Gasteiger partial charge in [0, 0.05) is 6.04 Å². The number of carbonyl (C=O) groups excluding carboxylic acids is 1. The van der Waals surface area contributed by atoms with Crippen molar-refractivity contribution in [2.24, 2.45) is 0 Å². The zero-order valence-electron chi connectivity index (χ0n) is 17.9. The number of benzene rings is 2. The first-order valence-electron chi connectivity index (χ1n) is 10.6. The molecule has 0 saturated carbocycles. The second-order valence-electron chi connectivity index (χ2n) is 7.84. The molecule has 0 spiro atoms. The maximum Gasteiger partial charge on any atom is 0.337 e. The van der Waals surface area contributed by atoms with E-state index in [0.29, 0.717) is 28.8 Å². The molecule has 7 heteroatoms. The summed E-state index contributed by atoms with van der Waals surface area (Å²) in [6.45, 7) is 1.46. The van der Waals surface area contributed by atoms with Crippen LogP contribution in [-0.2, 0) is 11.3 Å². The fourth-order valence-corrected chi connectivity index (χ4v) is 4.26. The number of aromatic nitrogens is 2. The van der Waals surface area contributed by atoms with E-state index in [-0.39, 0.29) is 11.6 Å². The van der Waals surface area contributed by atoms with Crippen LogP contribution in [0.1, 0.15) is 53.5 Å². The maximum absolute atomic E-state index is 12.6. The van der Waals surface area contributed by atoms with Crippen LogP contribution < -0.4 is 10.3 Å². The third-order valence-electron chi connectivity index (χ3n) is 5.89. The van der Waals surface area contributed by atoms with E-state index in [1.807, 2.05) is 12.1 Å². The second kappa shape index (κ2) is 9.31. The number of esters is 1. The van der Waals surface area contributed by atoms with E-state index in [0.717, 1.165) is 31.6 Å². The second-order valence-corrected chi connectivity index (χ2v) is 7.84. The SMILES string of the molecule is COC(=O)c1ccc2c(=O)[nH]c(CN3CCCCC[C@H]3c3ccc(OC)cc3)nc2c1. The molecule has 0 radical (unpaired) electrons. The van der Waals surface area contributed by atoms with Gasteiger partial charge < -0.3 is 14.5 Å². The summed E-state index contributed by atoms with van der Waals surface area (Å²) < 4.78 is 10.1. The van der Waals surface area contributed by atoms with Crippen LogP contribution in [0.25, 0.3) is 10.9 Å². The molecule has 1 aromatic heterocycles. The normalized spacial score (nSPS) is 17.3. The number of carbonyl (C=O) groups is 1. The molecule has 3 aromatic rings. The van der Waals surface area contributed by atoms with E-state index >= 15 is 0 Å². The van der Waals surface area contributed by atoms with Crippen LogP contribution >= 0.6 is 0 Å². The highest BCUT2D eigenvalue weighted by Gasteiger charge is 2.24. The van der Waals surface area contributed by atoms with E-state index < -0.39 is 5.97 Å². The average Bonchev–Trinajstić information content (AvgIpc) is 3.03. The smallest absolute Gasteiger partial charge is 0.337 e. The molecule has 2 heterocycles. The van der Waals surface area contributed by atoms with Gasteiger partial charge in [-0.05, 0) is 55.3 Å². The van der Waals surface area contributed by atoms with Gasteiger partial charge in [-0.2, -0.15) is 0 Å². The van der Waals surface area contributed by atoms with E-state index in [1.165, 1.54) is 19.1 Å². The Hall–Kier alpha value is -3.19. The van der Waals surface area contributed by atoms with Crippen molar-refractivity contribution in [2.45, 2.75) is 38.3 Å². The van der Waals surface area contributed by atoms with Crippen molar-refractivity contribution in [1.29, 1.82) is 0 Å². The number of nitrogens with one attached hydrogen (secondary N) is 1. The third kappa shape index (κ3) is 4.61. The molecule has 1 aliphatic heterocycles. The van der Waals surface area contributed by atoms with Crippen molar-refractivity contribution >= 4 is 16.9 Å². The highest BCUT2D eigenvalue weighted by Crippen LogP contribution is 2.32. The van der Waals surface area contributed by atoms with Crippen molar-refractivity contribution in [2.75, 3.05) is 20.8 Å². The Kier molecular flexibility index (Phi) is 6.32. The lowest BCUT2D eigenvalue weighted by Crippen LogP contribution is -2.30. The number of nitrogens with zero attached hydrogens (tertiary/aromatic N) is 2. The van der Waals surface area contributed by atoms with Gasteiger partial charge in [-0.3, -0.25) is 9.69 Å². The predicted octanol–water partition coefficient (Wildman–Crippen LogP) is 3.84. The Labute approximate surface area is 181 Å². The summed E-state index contributed by atoms with van der Waals surface area (Å²) in [5.41, 5.74) is 1.91. The number of ether oxygens (including phenoxy) is 2. The lowest BCUT2D eigenvalue weighted by molar-refractivity contribution is 0.0601. The number of methoxy groups -OCH3 is 2. The molecule has 1 aliphatic rings. The van der Waals surface area contributed by atoms with Gasteiger partial charge >= 0.3 is 5.97 Å². The van der Waals surface area contributed by atoms with Crippen molar-refractivity contribution in [3.63, 3.8) is 0 Å². The predicted molar refractivity (Wildman–Crippen MR) is 118 cm³/mol. The number of H-pyrrole nitrogens is 1. The monoisotopic (exact) mass is 421 g/mol. The minimum Gasteiger partial charge on any atom is -0.497 e. The van der Waals surface area contributed by atoms with Gasteiger partial charge in [0.25, 0.3) is 5.56 Å². The molecule has 2 aromatic carbocycles. The number of rotatable bonds is 5. The van der Waals surface area contributed by atoms with E-state index in [4.69, 9.17) is 9.47 Å². The summed E-state index contributed by atoms with van der Waals surface area (Å²) in [5.74, 6) is 0.989. The minimum absolute atomic E-state index is 0.202. The minimum atomic E-state index is -0.447. The van der Waals surface area contributed by atoms with Crippen LogP contribution in [0.5, 0.6) is 5.75 Å². The summed E-state index contributed by atoms with van der Waals surface area (Å²) in [5, 5.41) is 0.457. The van der Waals surface area contributed by atoms with Gasteiger partial charge in [-0.1, -0.05) is 25.0 Å². The Bertz CT molecular complexity index is 1120. The summed E-state index contributed by atoms with van der Waals surface area (Å²) in [4.78, 5) is 34.5. The standard InChI is InChI=1S/C24H27N3O4/c1-30-18-10-7-16(8-11-18)21-6-4-3-5-13-27(21)15-22-25-20-14-17(24(29)31-2)9-12-19(20)23(28)26-22/h7-12,14,21H,3-6,13,15H2,1-2H3,(H,25,26,28)/t21-/m0/s1. The van der Waals surface area contributed by atoms with Crippen LogP contribution in [0, 0.1) is 0 Å². The zero-order valence-corrected chi connectivity index (χ0v) is 17.9. The molecular formula is C24H27N3O4. The van der Waals surface area contributed by atoms with Gasteiger partial charge in [0.05, 0.1) is 37.2 Å². The summed E-state index contributed by atoms with van der Waals surface area (Å²) in [7, 11) is 3.00. The molecule has 162 valence electrons. The van der Waals surface area contributed by atoms with Gasteiger partial charge in [-0.25, -0.2) is 9.78 Å². The van der Waals surface area contributed by atoms with Gasteiger partial charge in [0.1, 0.15) is 11.6 Å². The third-order valence-corrected chi connectivity index (χ3v) is 5.89. The Balaban J connectivity index is 1.65. The van der Waals surface area contributed by atoms with Gasteiger partial charge in [0.15, 0.2) is 0 Å². The van der Waals surface area contributed by atoms with E-state index in [1.54, 1.807) is 25.3 Å². The summed E-state index contributed by atoms with van der Waals surface area (Å²) >= 11 is 0. The molecule has 1 N–H and O–H groups in total. The first-order chi connectivity index (χ1) is 15.1. The quantitative estimate of drug-likeness (QED) is 0.630. The fourth-order valence-electron chi connectivity index (χ4n) is 4.26. The van der Waals surface area contributed by atoms with Gasteiger partial charge in [-0.15, -0.1) is 0 Å². The number of hydrogen-bond acceptors (Lipinski definition) is 6. The van der Waals surface area contributed by atoms with Crippen LogP contribution in [0.3, 0.4) is 0 Å².